The lowest BCUT2D eigenvalue weighted by atomic mass is 10.2. The molecule has 0 aliphatic heterocycles. The summed E-state index contributed by atoms with van der Waals surface area (Å²) in [4.78, 5) is 10.2. The number of aryl methyl sites for hydroxylation is 2. The van der Waals surface area contributed by atoms with Gasteiger partial charge in [-0.1, -0.05) is 6.07 Å². The van der Waals surface area contributed by atoms with E-state index < -0.39 is 15.8 Å². The first-order valence-electron chi connectivity index (χ1n) is 9.22. The van der Waals surface area contributed by atoms with Gasteiger partial charge in [-0.25, -0.2) is 22.9 Å². The molecule has 0 bridgehead atoms. The van der Waals surface area contributed by atoms with Crippen LogP contribution in [-0.2, 0) is 17.1 Å². The summed E-state index contributed by atoms with van der Waals surface area (Å²) in [7, 11) is -0.422. The number of nitrogens with zero attached hydrogens (tertiary/aromatic N) is 5. The number of fused-ring (bicyclic) bond motifs is 1. The van der Waals surface area contributed by atoms with Gasteiger partial charge in [0.05, 0.1) is 27.7 Å². The monoisotopic (exact) mass is 441 g/mol. The van der Waals surface area contributed by atoms with Crippen molar-refractivity contribution >= 4 is 44.1 Å². The van der Waals surface area contributed by atoms with Crippen molar-refractivity contribution in [1.82, 2.24) is 19.7 Å². The second kappa shape index (κ2) is 7.60. The van der Waals surface area contributed by atoms with Crippen molar-refractivity contribution in [3.05, 3.63) is 60.2 Å². The Morgan fingerprint density at radius 1 is 1.19 bits per heavy atom. The van der Waals surface area contributed by atoms with Crippen molar-refractivity contribution in [2.24, 2.45) is 12.2 Å². The van der Waals surface area contributed by atoms with Crippen molar-refractivity contribution in [3.63, 3.8) is 0 Å². The molecule has 0 aliphatic rings. The number of rotatable bonds is 5. The minimum Gasteiger partial charge on any atom is -0.327 e. The lowest BCUT2D eigenvalue weighted by molar-refractivity contribution is 0.597. The van der Waals surface area contributed by atoms with Gasteiger partial charge in [-0.05, 0) is 42.8 Å². The molecule has 11 heteroatoms. The molecule has 9 nitrogen and oxygen atoms in total. The van der Waals surface area contributed by atoms with Gasteiger partial charge in [0.2, 0.25) is 16.0 Å². The molecule has 4 aromatic rings. The Morgan fingerprint density at radius 3 is 2.71 bits per heavy atom. The number of hydrogen-bond acceptors (Lipinski definition) is 7. The first-order valence-corrected chi connectivity index (χ1v) is 10.8. The quantitative estimate of drug-likeness (QED) is 0.489. The first-order chi connectivity index (χ1) is 14.6. The molecule has 0 amide bonds. The molecule has 0 fully saturated rings. The van der Waals surface area contributed by atoms with E-state index in [2.05, 4.69) is 20.4 Å². The second-order valence-electron chi connectivity index (χ2n) is 7.05. The van der Waals surface area contributed by atoms with Gasteiger partial charge in [-0.15, -0.1) is 0 Å². The van der Waals surface area contributed by atoms with Crippen LogP contribution in [0.25, 0.3) is 10.9 Å². The van der Waals surface area contributed by atoms with Gasteiger partial charge in [-0.2, -0.15) is 10.1 Å². The maximum absolute atomic E-state index is 15.0. The molecule has 0 atom stereocenters. The van der Waals surface area contributed by atoms with Gasteiger partial charge >= 0.3 is 0 Å². The predicted molar refractivity (Wildman–Crippen MR) is 117 cm³/mol. The van der Waals surface area contributed by atoms with E-state index in [-0.39, 0.29) is 10.8 Å². The maximum atomic E-state index is 15.0. The van der Waals surface area contributed by atoms with Gasteiger partial charge in [0.1, 0.15) is 5.82 Å². The van der Waals surface area contributed by atoms with Gasteiger partial charge in [0, 0.05) is 26.0 Å². The zero-order valence-corrected chi connectivity index (χ0v) is 17.9. The van der Waals surface area contributed by atoms with E-state index in [0.717, 1.165) is 0 Å². The molecule has 4 rings (SSSR count). The SMILES string of the molecule is Cc1ccc(Nc2nccc(N(C)c3ccc4c(cnn4C)c3F)n2)cc1S(N)(=O)=O. The summed E-state index contributed by atoms with van der Waals surface area (Å²) < 4.78 is 40.2. The number of halogens is 1. The van der Waals surface area contributed by atoms with E-state index in [0.29, 0.717) is 33.7 Å². The van der Waals surface area contributed by atoms with Crippen LogP contribution in [0.5, 0.6) is 0 Å². The number of benzene rings is 2. The van der Waals surface area contributed by atoms with E-state index in [1.54, 1.807) is 60.9 Å². The fraction of sp³-hybridized carbons (Fsp3) is 0.150. The normalized spacial score (nSPS) is 11.6. The van der Waals surface area contributed by atoms with E-state index >= 15 is 4.39 Å². The van der Waals surface area contributed by atoms with Crippen LogP contribution in [0, 0.1) is 12.7 Å². The molecular formula is C20H20FN7O2S. The zero-order valence-electron chi connectivity index (χ0n) is 17.0. The van der Waals surface area contributed by atoms with Gasteiger partial charge in [0.15, 0.2) is 5.82 Å². The Balaban J connectivity index is 1.66. The highest BCUT2D eigenvalue weighted by Gasteiger charge is 2.17. The van der Waals surface area contributed by atoms with Crippen LogP contribution >= 0.6 is 0 Å². The molecule has 0 spiro atoms. The third kappa shape index (κ3) is 3.92. The summed E-state index contributed by atoms with van der Waals surface area (Å²) in [5.74, 6) is 0.257. The van der Waals surface area contributed by atoms with Gasteiger partial charge < -0.3 is 10.2 Å². The number of anilines is 4. The minimum absolute atomic E-state index is 0.0117. The largest absolute Gasteiger partial charge is 0.327 e. The molecule has 3 N–H and O–H groups in total. The summed E-state index contributed by atoms with van der Waals surface area (Å²) in [5.41, 5.74) is 2.00. The minimum atomic E-state index is -3.86. The Kier molecular flexibility index (Phi) is 5.07. The van der Waals surface area contributed by atoms with Gasteiger partial charge in [-0.3, -0.25) is 4.68 Å². The highest BCUT2D eigenvalue weighted by molar-refractivity contribution is 7.89. The Hall–Kier alpha value is -3.57. The van der Waals surface area contributed by atoms with Crippen LogP contribution in [-0.4, -0.2) is 35.2 Å². The van der Waals surface area contributed by atoms with Crippen molar-refractivity contribution in [3.8, 4) is 0 Å². The van der Waals surface area contributed by atoms with Crippen molar-refractivity contribution < 1.29 is 12.8 Å². The number of hydrogen-bond donors (Lipinski definition) is 2. The molecule has 160 valence electrons. The van der Waals surface area contributed by atoms with E-state index in [4.69, 9.17) is 5.14 Å². The summed E-state index contributed by atoms with van der Waals surface area (Å²) >= 11 is 0. The number of sulfonamides is 1. The lowest BCUT2D eigenvalue weighted by Crippen LogP contribution is -2.15. The fourth-order valence-electron chi connectivity index (χ4n) is 3.27. The molecule has 0 saturated heterocycles. The number of nitrogens with two attached hydrogens (primary N) is 1. The van der Waals surface area contributed by atoms with Crippen LogP contribution in [0.3, 0.4) is 0 Å². The maximum Gasteiger partial charge on any atom is 0.238 e. The topological polar surface area (TPSA) is 119 Å². The highest BCUT2D eigenvalue weighted by atomic mass is 32.2. The second-order valence-corrected chi connectivity index (χ2v) is 8.58. The zero-order chi connectivity index (χ0) is 22.3. The first kappa shape index (κ1) is 20.7. The van der Waals surface area contributed by atoms with Crippen LogP contribution in [0.15, 0.2) is 53.7 Å². The lowest BCUT2D eigenvalue weighted by Gasteiger charge is -2.20. The van der Waals surface area contributed by atoms with Crippen LogP contribution in [0.2, 0.25) is 0 Å². The summed E-state index contributed by atoms with van der Waals surface area (Å²) in [6.07, 6.45) is 3.01. The molecule has 0 radical (unpaired) electrons. The van der Waals surface area contributed by atoms with E-state index in [1.165, 1.54) is 18.5 Å². The highest BCUT2D eigenvalue weighted by Crippen LogP contribution is 2.30. The third-order valence-electron chi connectivity index (χ3n) is 4.94. The smallest absolute Gasteiger partial charge is 0.238 e. The number of aromatic nitrogens is 4. The molecule has 31 heavy (non-hydrogen) atoms. The molecule has 2 aromatic carbocycles. The van der Waals surface area contributed by atoms with Crippen LogP contribution < -0.4 is 15.4 Å². The summed E-state index contributed by atoms with van der Waals surface area (Å²) in [6, 6.07) is 9.84. The summed E-state index contributed by atoms with van der Waals surface area (Å²) in [5, 5.41) is 12.7. The van der Waals surface area contributed by atoms with Crippen LogP contribution in [0.1, 0.15) is 5.56 Å². The Bertz CT molecular complexity index is 1400. The van der Waals surface area contributed by atoms with E-state index in [9.17, 15) is 8.42 Å². The summed E-state index contributed by atoms with van der Waals surface area (Å²) in [6.45, 7) is 1.66. The van der Waals surface area contributed by atoms with Crippen molar-refractivity contribution in [1.29, 1.82) is 0 Å². The molecule has 0 unspecified atom stereocenters. The molecule has 0 aliphatic carbocycles. The van der Waals surface area contributed by atoms with Crippen molar-refractivity contribution in [2.45, 2.75) is 11.8 Å². The molecular weight excluding hydrogens is 421 g/mol. The fourth-order valence-corrected chi connectivity index (χ4v) is 4.08. The third-order valence-corrected chi connectivity index (χ3v) is 5.99. The van der Waals surface area contributed by atoms with Crippen molar-refractivity contribution in [2.75, 3.05) is 17.3 Å². The Morgan fingerprint density at radius 2 is 1.97 bits per heavy atom. The van der Waals surface area contributed by atoms with E-state index in [1.807, 2.05) is 0 Å². The average molecular weight is 441 g/mol. The standard InChI is InChI=1S/C20H20FN7O2S/c1-12-4-5-13(10-17(12)31(22,29)30)25-20-23-9-8-18(26-20)27(2)16-7-6-15-14(19(16)21)11-24-28(15)3/h4-11H,1-3H3,(H2,22,29,30)(H,23,25,26). The molecule has 2 heterocycles. The predicted octanol–water partition coefficient (Wildman–Crippen LogP) is 2.97. The Labute approximate surface area is 178 Å². The average Bonchev–Trinajstić information content (AvgIpc) is 3.10. The van der Waals surface area contributed by atoms with Gasteiger partial charge in [0.25, 0.3) is 0 Å². The molecule has 2 aromatic heterocycles. The molecule has 0 saturated carbocycles. The van der Waals surface area contributed by atoms with Crippen LogP contribution in [0.4, 0.5) is 27.5 Å². The number of primary sulfonamides is 1. The number of nitrogens with one attached hydrogen (secondary N) is 1.